The third-order valence-electron chi connectivity index (χ3n) is 2.83. The molecule has 1 amide bonds. The predicted molar refractivity (Wildman–Crippen MR) is 85.7 cm³/mol. The van der Waals surface area contributed by atoms with Crippen LogP contribution >= 0.6 is 11.8 Å². The number of para-hydroxylation sites is 1. The van der Waals surface area contributed by atoms with Crippen LogP contribution in [0.5, 0.6) is 5.75 Å². The summed E-state index contributed by atoms with van der Waals surface area (Å²) in [6.07, 6.45) is 1.30. The van der Waals surface area contributed by atoms with Crippen LogP contribution in [0.15, 0.2) is 53.4 Å². The van der Waals surface area contributed by atoms with E-state index in [1.807, 2.05) is 18.4 Å². The molecule has 6 heteroatoms. The molecule has 1 N–H and O–H groups in total. The first-order valence-electron chi connectivity index (χ1n) is 6.44. The van der Waals surface area contributed by atoms with Crippen molar-refractivity contribution in [3.8, 4) is 5.75 Å². The Morgan fingerprint density at radius 1 is 1.05 bits per heavy atom. The summed E-state index contributed by atoms with van der Waals surface area (Å²) in [5.74, 6) is -0.416. The fourth-order valence-corrected chi connectivity index (χ4v) is 2.16. The van der Waals surface area contributed by atoms with Crippen molar-refractivity contribution in [2.45, 2.75) is 4.90 Å². The number of thioether (sulfide) groups is 1. The van der Waals surface area contributed by atoms with Crippen molar-refractivity contribution in [2.75, 3.05) is 18.7 Å². The van der Waals surface area contributed by atoms with Gasteiger partial charge in [0.2, 0.25) is 0 Å². The van der Waals surface area contributed by atoms with Gasteiger partial charge in [0.1, 0.15) is 11.3 Å². The van der Waals surface area contributed by atoms with Crippen LogP contribution < -0.4 is 10.1 Å². The third-order valence-corrected chi connectivity index (χ3v) is 3.58. The summed E-state index contributed by atoms with van der Waals surface area (Å²) >= 11 is 1.61. The lowest BCUT2D eigenvalue weighted by atomic mass is 10.2. The first-order chi connectivity index (χ1) is 10.6. The van der Waals surface area contributed by atoms with Crippen LogP contribution in [0.4, 0.5) is 10.5 Å². The molecule has 5 nitrogen and oxygen atoms in total. The molecule has 0 aromatic heterocycles. The van der Waals surface area contributed by atoms with Crippen LogP contribution in [0.2, 0.25) is 0 Å². The molecule has 114 valence electrons. The average Bonchev–Trinajstić information content (AvgIpc) is 2.55. The van der Waals surface area contributed by atoms with Gasteiger partial charge in [-0.15, -0.1) is 11.8 Å². The Kier molecular flexibility index (Phi) is 5.43. The normalized spacial score (nSPS) is 9.91. The Balaban J connectivity index is 2.07. The minimum atomic E-state index is -0.673. The van der Waals surface area contributed by atoms with E-state index in [0.717, 1.165) is 4.90 Å². The third kappa shape index (κ3) is 4.02. The van der Waals surface area contributed by atoms with Gasteiger partial charge >= 0.3 is 12.1 Å². The molecule has 0 heterocycles. The molecule has 2 aromatic rings. The lowest BCUT2D eigenvalue weighted by Gasteiger charge is -2.09. The predicted octanol–water partition coefficient (Wildman–Crippen LogP) is 3.81. The molecular weight excluding hydrogens is 302 g/mol. The van der Waals surface area contributed by atoms with Crippen LogP contribution in [0.25, 0.3) is 0 Å². The van der Waals surface area contributed by atoms with E-state index in [1.165, 1.54) is 19.2 Å². The minimum Gasteiger partial charge on any atom is -0.465 e. The van der Waals surface area contributed by atoms with Gasteiger partial charge in [0.05, 0.1) is 7.11 Å². The van der Waals surface area contributed by atoms with Crippen molar-refractivity contribution < 1.29 is 19.1 Å². The molecule has 2 aromatic carbocycles. The SMILES string of the molecule is COC(=O)c1ccccc1OC(=O)Nc1ccc(SC)cc1. The molecule has 0 fully saturated rings. The number of benzene rings is 2. The van der Waals surface area contributed by atoms with Crippen molar-refractivity contribution in [3.63, 3.8) is 0 Å². The highest BCUT2D eigenvalue weighted by Gasteiger charge is 2.15. The molecule has 0 aliphatic rings. The molecule has 0 bridgehead atoms. The van der Waals surface area contributed by atoms with Crippen LogP contribution in [-0.2, 0) is 4.74 Å². The van der Waals surface area contributed by atoms with E-state index in [2.05, 4.69) is 10.1 Å². The van der Waals surface area contributed by atoms with Gasteiger partial charge in [0.25, 0.3) is 0 Å². The Bertz CT molecular complexity index is 670. The molecule has 0 radical (unpaired) electrons. The second kappa shape index (κ2) is 7.51. The fraction of sp³-hybridized carbons (Fsp3) is 0.125. The summed E-state index contributed by atoms with van der Waals surface area (Å²) in [5.41, 5.74) is 0.802. The highest BCUT2D eigenvalue weighted by molar-refractivity contribution is 7.98. The lowest BCUT2D eigenvalue weighted by molar-refractivity contribution is 0.0598. The van der Waals surface area contributed by atoms with Gasteiger partial charge in [0.15, 0.2) is 0 Å². The van der Waals surface area contributed by atoms with E-state index < -0.39 is 12.1 Å². The number of carbonyl (C=O) groups is 2. The van der Waals surface area contributed by atoms with Gasteiger partial charge < -0.3 is 9.47 Å². The van der Waals surface area contributed by atoms with Crippen molar-refractivity contribution in [3.05, 3.63) is 54.1 Å². The number of carbonyl (C=O) groups excluding carboxylic acids is 2. The highest BCUT2D eigenvalue weighted by atomic mass is 32.2. The molecule has 0 spiro atoms. The minimum absolute atomic E-state index is 0.146. The van der Waals surface area contributed by atoms with Crippen molar-refractivity contribution >= 4 is 29.5 Å². The van der Waals surface area contributed by atoms with Gasteiger partial charge in [0, 0.05) is 10.6 Å². The molecule has 0 aliphatic heterocycles. The maximum atomic E-state index is 11.9. The van der Waals surface area contributed by atoms with Gasteiger partial charge in [-0.25, -0.2) is 9.59 Å². The number of anilines is 1. The molecule has 0 aliphatic carbocycles. The quantitative estimate of drug-likeness (QED) is 0.686. The van der Waals surface area contributed by atoms with Crippen LogP contribution in [0, 0.1) is 0 Å². The van der Waals surface area contributed by atoms with E-state index >= 15 is 0 Å². The number of hydrogen-bond donors (Lipinski definition) is 1. The maximum Gasteiger partial charge on any atom is 0.417 e. The van der Waals surface area contributed by atoms with Gasteiger partial charge in [-0.05, 0) is 42.7 Å². The van der Waals surface area contributed by atoms with Gasteiger partial charge in [-0.1, -0.05) is 12.1 Å². The lowest BCUT2D eigenvalue weighted by Crippen LogP contribution is -2.18. The number of methoxy groups -OCH3 is 1. The number of hydrogen-bond acceptors (Lipinski definition) is 5. The van der Waals surface area contributed by atoms with Crippen molar-refractivity contribution in [1.29, 1.82) is 0 Å². The molecular formula is C16H15NO4S. The zero-order chi connectivity index (χ0) is 15.9. The van der Waals surface area contributed by atoms with E-state index in [9.17, 15) is 9.59 Å². The van der Waals surface area contributed by atoms with Crippen LogP contribution in [0.3, 0.4) is 0 Å². The van der Waals surface area contributed by atoms with Crippen LogP contribution in [-0.4, -0.2) is 25.4 Å². The number of amides is 1. The number of ether oxygens (including phenoxy) is 2. The first kappa shape index (κ1) is 15.9. The van der Waals surface area contributed by atoms with Gasteiger partial charge in [-0.2, -0.15) is 0 Å². The van der Waals surface area contributed by atoms with Crippen molar-refractivity contribution in [1.82, 2.24) is 0 Å². The molecule has 0 unspecified atom stereocenters. The number of nitrogens with one attached hydrogen (secondary N) is 1. The standard InChI is InChI=1S/C16H15NO4S/c1-20-15(18)13-5-3-4-6-14(13)21-16(19)17-11-7-9-12(22-2)10-8-11/h3-10H,1-2H3,(H,17,19). The summed E-state index contributed by atoms with van der Waals surface area (Å²) in [4.78, 5) is 24.6. The molecule has 22 heavy (non-hydrogen) atoms. The maximum absolute atomic E-state index is 11.9. The summed E-state index contributed by atoms with van der Waals surface area (Å²) in [5, 5.41) is 2.60. The second-order valence-corrected chi connectivity index (χ2v) is 5.11. The fourth-order valence-electron chi connectivity index (χ4n) is 1.75. The molecule has 0 saturated heterocycles. The van der Waals surface area contributed by atoms with Crippen molar-refractivity contribution in [2.24, 2.45) is 0 Å². The first-order valence-corrected chi connectivity index (χ1v) is 7.66. The second-order valence-electron chi connectivity index (χ2n) is 4.23. The average molecular weight is 317 g/mol. The van der Waals surface area contributed by atoms with E-state index in [-0.39, 0.29) is 11.3 Å². The van der Waals surface area contributed by atoms with E-state index in [0.29, 0.717) is 5.69 Å². The summed E-state index contributed by atoms with van der Waals surface area (Å²) in [7, 11) is 1.27. The summed E-state index contributed by atoms with van der Waals surface area (Å²) in [6.45, 7) is 0. The Morgan fingerprint density at radius 3 is 2.36 bits per heavy atom. The largest absolute Gasteiger partial charge is 0.465 e. The van der Waals surface area contributed by atoms with Gasteiger partial charge in [-0.3, -0.25) is 5.32 Å². The zero-order valence-corrected chi connectivity index (χ0v) is 13.0. The van der Waals surface area contributed by atoms with E-state index in [4.69, 9.17) is 4.74 Å². The molecule has 0 saturated carbocycles. The molecule has 0 atom stereocenters. The van der Waals surface area contributed by atoms with E-state index in [1.54, 1.807) is 36.0 Å². The highest BCUT2D eigenvalue weighted by Crippen LogP contribution is 2.21. The number of rotatable bonds is 4. The number of esters is 1. The Hall–Kier alpha value is -2.47. The summed E-state index contributed by atoms with van der Waals surface area (Å²) < 4.78 is 9.82. The summed E-state index contributed by atoms with van der Waals surface area (Å²) in [6, 6.07) is 13.7. The Labute approximate surface area is 132 Å². The van der Waals surface area contributed by atoms with Crippen LogP contribution in [0.1, 0.15) is 10.4 Å². The Morgan fingerprint density at radius 2 is 1.73 bits per heavy atom. The monoisotopic (exact) mass is 317 g/mol. The zero-order valence-electron chi connectivity index (χ0n) is 12.2. The molecule has 2 rings (SSSR count). The topological polar surface area (TPSA) is 64.6 Å². The smallest absolute Gasteiger partial charge is 0.417 e.